The molecular weight excluding hydrogens is 224 g/mol. The lowest BCUT2D eigenvalue weighted by atomic mass is 9.96. The minimum absolute atomic E-state index is 0.611. The maximum Gasteiger partial charge on any atom is 0.0211 e. The zero-order chi connectivity index (χ0) is 9.68. The van der Waals surface area contributed by atoms with Crippen molar-refractivity contribution < 1.29 is 0 Å². The summed E-state index contributed by atoms with van der Waals surface area (Å²) < 4.78 is 0. The molecule has 0 bridgehead atoms. The van der Waals surface area contributed by atoms with E-state index in [1.54, 1.807) is 0 Å². The van der Waals surface area contributed by atoms with Crippen LogP contribution in [-0.2, 0) is 0 Å². The molecule has 1 heteroatoms. The molecule has 0 aliphatic rings. The van der Waals surface area contributed by atoms with Crippen molar-refractivity contribution in [3.63, 3.8) is 0 Å². The van der Waals surface area contributed by atoms with Crippen LogP contribution in [0.15, 0.2) is 30.3 Å². The van der Waals surface area contributed by atoms with Crippen LogP contribution in [0, 0.1) is 0 Å². The number of rotatable bonds is 4. The highest BCUT2D eigenvalue weighted by Crippen LogP contribution is 2.27. The lowest BCUT2D eigenvalue weighted by Crippen LogP contribution is -2.08. The first kappa shape index (κ1) is 10.8. The predicted molar refractivity (Wildman–Crippen MR) is 62.5 cm³/mol. The average molecular weight is 241 g/mol. The lowest BCUT2D eigenvalue weighted by Gasteiger charge is -2.17. The highest BCUT2D eigenvalue weighted by Gasteiger charge is 2.13. The summed E-state index contributed by atoms with van der Waals surface area (Å²) in [5, 5.41) is 0. The second kappa shape index (κ2) is 5.43. The molecule has 0 radical (unpaired) electrons. The molecule has 2 unspecified atom stereocenters. The van der Waals surface area contributed by atoms with Crippen molar-refractivity contribution in [3.8, 4) is 0 Å². The fourth-order valence-corrected chi connectivity index (χ4v) is 2.25. The predicted octanol–water partition coefficient (Wildman–Crippen LogP) is 4.35. The van der Waals surface area contributed by atoms with E-state index >= 15 is 0 Å². The zero-order valence-corrected chi connectivity index (χ0v) is 9.92. The van der Waals surface area contributed by atoms with Gasteiger partial charge in [-0.05, 0) is 17.9 Å². The molecule has 1 rings (SSSR count). The number of alkyl halides is 1. The van der Waals surface area contributed by atoms with Gasteiger partial charge in [0.1, 0.15) is 0 Å². The van der Waals surface area contributed by atoms with E-state index in [-0.39, 0.29) is 0 Å². The van der Waals surface area contributed by atoms with Crippen LogP contribution in [0.1, 0.15) is 38.2 Å². The molecule has 0 heterocycles. The van der Waals surface area contributed by atoms with E-state index in [4.69, 9.17) is 0 Å². The summed E-state index contributed by atoms with van der Waals surface area (Å²) in [6.45, 7) is 4.51. The van der Waals surface area contributed by atoms with Gasteiger partial charge in [0.2, 0.25) is 0 Å². The SMILES string of the molecule is CCCC(Br)C(C)c1ccccc1. The van der Waals surface area contributed by atoms with Gasteiger partial charge in [-0.25, -0.2) is 0 Å². The third-order valence-corrected chi connectivity index (χ3v) is 3.68. The molecule has 2 atom stereocenters. The van der Waals surface area contributed by atoms with E-state index < -0.39 is 0 Å². The Labute approximate surface area is 89.5 Å². The van der Waals surface area contributed by atoms with E-state index in [1.807, 2.05) is 0 Å². The minimum Gasteiger partial charge on any atom is -0.0884 e. The van der Waals surface area contributed by atoms with Gasteiger partial charge in [0, 0.05) is 4.83 Å². The van der Waals surface area contributed by atoms with Crippen molar-refractivity contribution in [1.29, 1.82) is 0 Å². The highest BCUT2D eigenvalue weighted by atomic mass is 79.9. The fraction of sp³-hybridized carbons (Fsp3) is 0.500. The molecule has 13 heavy (non-hydrogen) atoms. The Morgan fingerprint density at radius 3 is 2.38 bits per heavy atom. The summed E-state index contributed by atoms with van der Waals surface area (Å²) >= 11 is 3.74. The molecule has 0 spiro atoms. The van der Waals surface area contributed by atoms with Crippen molar-refractivity contribution in [2.24, 2.45) is 0 Å². The molecular formula is C12H17Br. The monoisotopic (exact) mass is 240 g/mol. The van der Waals surface area contributed by atoms with Crippen molar-refractivity contribution in [3.05, 3.63) is 35.9 Å². The zero-order valence-electron chi connectivity index (χ0n) is 8.33. The Kier molecular flexibility index (Phi) is 4.51. The standard InChI is InChI=1S/C12H17Br/c1-3-7-12(13)10(2)11-8-5-4-6-9-11/h4-6,8-10,12H,3,7H2,1-2H3. The van der Waals surface area contributed by atoms with Gasteiger partial charge in [-0.3, -0.25) is 0 Å². The number of hydrogen-bond acceptors (Lipinski definition) is 0. The van der Waals surface area contributed by atoms with Crippen LogP contribution in [0.2, 0.25) is 0 Å². The third kappa shape index (κ3) is 3.15. The van der Waals surface area contributed by atoms with Crippen LogP contribution >= 0.6 is 15.9 Å². The van der Waals surface area contributed by atoms with Gasteiger partial charge >= 0.3 is 0 Å². The molecule has 0 saturated heterocycles. The molecule has 1 aromatic rings. The van der Waals surface area contributed by atoms with Gasteiger partial charge in [0.05, 0.1) is 0 Å². The van der Waals surface area contributed by atoms with Gasteiger partial charge in [-0.15, -0.1) is 0 Å². The molecule has 1 aromatic carbocycles. The van der Waals surface area contributed by atoms with Crippen LogP contribution in [-0.4, -0.2) is 4.83 Å². The van der Waals surface area contributed by atoms with Crippen molar-refractivity contribution >= 4 is 15.9 Å². The first-order valence-electron chi connectivity index (χ1n) is 4.94. The Bertz CT molecular complexity index is 230. The van der Waals surface area contributed by atoms with E-state index in [1.165, 1.54) is 18.4 Å². The molecule has 0 saturated carbocycles. The van der Waals surface area contributed by atoms with E-state index in [0.717, 1.165) is 0 Å². The van der Waals surface area contributed by atoms with Crippen LogP contribution in [0.4, 0.5) is 0 Å². The fourth-order valence-electron chi connectivity index (χ4n) is 1.49. The molecule has 0 N–H and O–H groups in total. The Balaban J connectivity index is 2.62. The summed E-state index contributed by atoms with van der Waals surface area (Å²) in [7, 11) is 0. The Morgan fingerprint density at radius 1 is 1.23 bits per heavy atom. The summed E-state index contributed by atoms with van der Waals surface area (Å²) in [6.07, 6.45) is 2.49. The van der Waals surface area contributed by atoms with Gasteiger partial charge in [-0.2, -0.15) is 0 Å². The molecule has 72 valence electrons. The summed E-state index contributed by atoms with van der Waals surface area (Å²) in [4.78, 5) is 0.611. The van der Waals surface area contributed by atoms with Crippen molar-refractivity contribution in [1.82, 2.24) is 0 Å². The first-order valence-corrected chi connectivity index (χ1v) is 5.86. The first-order chi connectivity index (χ1) is 6.25. The number of halogens is 1. The second-order valence-corrected chi connectivity index (χ2v) is 4.68. The molecule has 0 aromatic heterocycles. The smallest absolute Gasteiger partial charge is 0.0211 e. The largest absolute Gasteiger partial charge is 0.0884 e. The van der Waals surface area contributed by atoms with Crippen LogP contribution in [0.25, 0.3) is 0 Å². The molecule has 0 amide bonds. The normalized spacial score (nSPS) is 15.3. The minimum atomic E-state index is 0.611. The summed E-state index contributed by atoms with van der Waals surface area (Å²) in [5.41, 5.74) is 1.43. The van der Waals surface area contributed by atoms with E-state index in [0.29, 0.717) is 10.7 Å². The average Bonchev–Trinajstić information content (AvgIpc) is 2.18. The number of benzene rings is 1. The van der Waals surface area contributed by atoms with E-state index in [9.17, 15) is 0 Å². The maximum absolute atomic E-state index is 3.74. The van der Waals surface area contributed by atoms with Crippen molar-refractivity contribution in [2.75, 3.05) is 0 Å². The van der Waals surface area contributed by atoms with Gasteiger partial charge in [0.15, 0.2) is 0 Å². The van der Waals surface area contributed by atoms with Crippen LogP contribution in [0.3, 0.4) is 0 Å². The Morgan fingerprint density at radius 2 is 1.85 bits per heavy atom. The van der Waals surface area contributed by atoms with Gasteiger partial charge < -0.3 is 0 Å². The molecule has 0 aliphatic heterocycles. The van der Waals surface area contributed by atoms with Crippen LogP contribution < -0.4 is 0 Å². The summed E-state index contributed by atoms with van der Waals surface area (Å²) in [5.74, 6) is 0.612. The van der Waals surface area contributed by atoms with Crippen molar-refractivity contribution in [2.45, 2.75) is 37.4 Å². The topological polar surface area (TPSA) is 0 Å². The molecule has 0 nitrogen and oxygen atoms in total. The van der Waals surface area contributed by atoms with Gasteiger partial charge in [-0.1, -0.05) is 66.5 Å². The molecule has 0 aliphatic carbocycles. The second-order valence-electron chi connectivity index (χ2n) is 3.50. The Hall–Kier alpha value is -0.300. The molecule has 0 fully saturated rings. The quantitative estimate of drug-likeness (QED) is 0.687. The number of hydrogen-bond donors (Lipinski definition) is 0. The highest BCUT2D eigenvalue weighted by molar-refractivity contribution is 9.09. The van der Waals surface area contributed by atoms with E-state index in [2.05, 4.69) is 60.1 Å². The maximum atomic E-state index is 3.74. The van der Waals surface area contributed by atoms with Crippen LogP contribution in [0.5, 0.6) is 0 Å². The summed E-state index contributed by atoms with van der Waals surface area (Å²) in [6, 6.07) is 10.7. The third-order valence-electron chi connectivity index (χ3n) is 2.43. The lowest BCUT2D eigenvalue weighted by molar-refractivity contribution is 0.651. The van der Waals surface area contributed by atoms with Gasteiger partial charge in [0.25, 0.3) is 0 Å².